The Bertz CT molecular complexity index is 744. The largest absolute Gasteiger partial charge is 0.358 e. The zero-order valence-electron chi connectivity index (χ0n) is 21.9. The Morgan fingerprint density at radius 2 is 1.72 bits per heavy atom. The van der Waals surface area contributed by atoms with Crippen LogP contribution >= 0.6 is 0 Å². The molecule has 0 bridgehead atoms. The van der Waals surface area contributed by atoms with E-state index in [1.807, 2.05) is 6.08 Å². The third kappa shape index (κ3) is 10.1. The molecule has 32 heavy (non-hydrogen) atoms. The van der Waals surface area contributed by atoms with Gasteiger partial charge in [0, 0.05) is 38.6 Å². The quantitative estimate of drug-likeness (QED) is 0.262. The van der Waals surface area contributed by atoms with E-state index in [1.165, 1.54) is 12.0 Å². The van der Waals surface area contributed by atoms with Crippen molar-refractivity contribution < 1.29 is 4.79 Å². The topological polar surface area (TPSA) is 48.3 Å². The first-order valence-corrected chi connectivity index (χ1v) is 12.1. The SMILES string of the molecule is C=C/C(=C\C=C(/C)C(=NC(C)CCC(C)=O)N=C(C)N1CCN(CCC)CC1)C(C)(C)C. The maximum atomic E-state index is 11.4. The standard InChI is InChI=1S/C27H46N4O/c1-10-16-30-17-19-31(20-18-30)24(6)29-26(28-22(4)13-14-23(5)32)21(3)12-15-25(11-2)27(7,8)9/h11-12,15,22H,2,10,13-14,16-20H2,1,3-9H3/b21-12+,25-15+,28-26?,29-24?. The number of hydrogen-bond acceptors (Lipinski definition) is 3. The number of nitrogens with zero attached hydrogens (tertiary/aromatic N) is 4. The number of carbonyl (C=O) groups is 1. The molecule has 0 aromatic heterocycles. The van der Waals surface area contributed by atoms with E-state index in [2.05, 4.69) is 77.0 Å². The summed E-state index contributed by atoms with van der Waals surface area (Å²) in [6, 6.07) is 0.0423. The highest BCUT2D eigenvalue weighted by molar-refractivity contribution is 6.05. The van der Waals surface area contributed by atoms with Crippen LogP contribution in [-0.4, -0.2) is 66.0 Å². The highest BCUT2D eigenvalue weighted by atomic mass is 16.1. The Hall–Kier alpha value is -2.01. The Kier molecular flexibility index (Phi) is 11.8. The lowest BCUT2D eigenvalue weighted by molar-refractivity contribution is -0.117. The number of allylic oxidation sites excluding steroid dienone is 4. The summed E-state index contributed by atoms with van der Waals surface area (Å²) < 4.78 is 0. The van der Waals surface area contributed by atoms with E-state index in [0.717, 1.165) is 56.4 Å². The van der Waals surface area contributed by atoms with E-state index in [1.54, 1.807) is 6.92 Å². The number of hydrogen-bond donors (Lipinski definition) is 0. The molecule has 1 unspecified atom stereocenters. The number of piperazine rings is 1. The lowest BCUT2D eigenvalue weighted by atomic mass is 9.86. The second-order valence-corrected chi connectivity index (χ2v) is 9.96. The van der Waals surface area contributed by atoms with Crippen molar-refractivity contribution in [2.45, 2.75) is 80.7 Å². The summed E-state index contributed by atoms with van der Waals surface area (Å²) in [4.78, 5) is 26.2. The predicted molar refractivity (Wildman–Crippen MR) is 140 cm³/mol. The van der Waals surface area contributed by atoms with Crippen molar-refractivity contribution in [2.24, 2.45) is 15.4 Å². The molecule has 180 valence electrons. The second kappa shape index (κ2) is 13.5. The molecule has 0 radical (unpaired) electrons. The van der Waals surface area contributed by atoms with Gasteiger partial charge in [0.2, 0.25) is 0 Å². The summed E-state index contributed by atoms with van der Waals surface area (Å²) in [6.45, 7) is 25.9. The fraction of sp³-hybridized carbons (Fsp3) is 0.667. The first-order valence-electron chi connectivity index (χ1n) is 12.1. The Balaban J connectivity index is 3.16. The fourth-order valence-corrected chi connectivity index (χ4v) is 3.65. The van der Waals surface area contributed by atoms with Crippen molar-refractivity contribution in [1.82, 2.24) is 9.80 Å². The third-order valence-corrected chi connectivity index (χ3v) is 5.85. The molecule has 5 heteroatoms. The molecule has 0 aromatic carbocycles. The van der Waals surface area contributed by atoms with Gasteiger partial charge in [-0.25, -0.2) is 4.99 Å². The van der Waals surface area contributed by atoms with Gasteiger partial charge < -0.3 is 9.69 Å². The summed E-state index contributed by atoms with van der Waals surface area (Å²) in [5, 5.41) is 0. The minimum Gasteiger partial charge on any atom is -0.358 e. The lowest BCUT2D eigenvalue weighted by Gasteiger charge is -2.35. The van der Waals surface area contributed by atoms with Crippen LogP contribution in [0.15, 0.2) is 45.9 Å². The maximum Gasteiger partial charge on any atom is 0.152 e. The van der Waals surface area contributed by atoms with Crippen LogP contribution in [0.4, 0.5) is 0 Å². The van der Waals surface area contributed by atoms with Crippen molar-refractivity contribution in [3.05, 3.63) is 36.0 Å². The predicted octanol–water partition coefficient (Wildman–Crippen LogP) is 5.69. The van der Waals surface area contributed by atoms with Gasteiger partial charge in [0.1, 0.15) is 11.6 Å². The lowest BCUT2D eigenvalue weighted by Crippen LogP contribution is -2.48. The van der Waals surface area contributed by atoms with E-state index < -0.39 is 0 Å². The Morgan fingerprint density at radius 1 is 1.09 bits per heavy atom. The normalized spacial score (nSPS) is 18.7. The Morgan fingerprint density at radius 3 is 2.22 bits per heavy atom. The highest BCUT2D eigenvalue weighted by Crippen LogP contribution is 2.26. The summed E-state index contributed by atoms with van der Waals surface area (Å²) in [7, 11) is 0. The van der Waals surface area contributed by atoms with Crippen LogP contribution in [0.2, 0.25) is 0 Å². The fourth-order valence-electron chi connectivity index (χ4n) is 3.65. The minimum atomic E-state index is 0.0297. The first kappa shape index (κ1) is 28.0. The monoisotopic (exact) mass is 442 g/mol. The molecule has 1 atom stereocenters. The van der Waals surface area contributed by atoms with Gasteiger partial charge in [0.05, 0.1) is 0 Å². The van der Waals surface area contributed by atoms with Crippen LogP contribution in [-0.2, 0) is 4.79 Å². The first-order chi connectivity index (χ1) is 15.0. The molecule has 0 aromatic rings. The molecule has 0 aliphatic carbocycles. The number of amidine groups is 2. The Labute approximate surface area is 197 Å². The number of aliphatic imine (C=N–C) groups is 2. The third-order valence-electron chi connectivity index (χ3n) is 5.85. The van der Waals surface area contributed by atoms with Crippen molar-refractivity contribution in [3.8, 4) is 0 Å². The summed E-state index contributed by atoms with van der Waals surface area (Å²) in [6.07, 6.45) is 8.61. The van der Waals surface area contributed by atoms with Crippen LogP contribution in [0.5, 0.6) is 0 Å². The molecule has 0 spiro atoms. The molecule has 1 heterocycles. The molecule has 0 N–H and O–H groups in total. The van der Waals surface area contributed by atoms with Crippen LogP contribution in [0.3, 0.4) is 0 Å². The van der Waals surface area contributed by atoms with Gasteiger partial charge in [-0.15, -0.1) is 0 Å². The van der Waals surface area contributed by atoms with Crippen molar-refractivity contribution in [1.29, 1.82) is 0 Å². The van der Waals surface area contributed by atoms with Crippen molar-refractivity contribution in [3.63, 3.8) is 0 Å². The summed E-state index contributed by atoms with van der Waals surface area (Å²) in [5.74, 6) is 1.97. The molecule has 1 aliphatic rings. The molecule has 1 fully saturated rings. The summed E-state index contributed by atoms with van der Waals surface area (Å²) >= 11 is 0. The van der Waals surface area contributed by atoms with E-state index in [4.69, 9.17) is 9.98 Å². The van der Waals surface area contributed by atoms with Gasteiger partial charge in [0.25, 0.3) is 0 Å². The molecule has 0 saturated carbocycles. The smallest absolute Gasteiger partial charge is 0.152 e. The van der Waals surface area contributed by atoms with Gasteiger partial charge >= 0.3 is 0 Å². The molecule has 1 rings (SSSR count). The molecule has 0 amide bonds. The average Bonchev–Trinajstić information content (AvgIpc) is 2.71. The molecular weight excluding hydrogens is 396 g/mol. The van der Waals surface area contributed by atoms with Gasteiger partial charge in [-0.05, 0) is 63.6 Å². The second-order valence-electron chi connectivity index (χ2n) is 9.96. The number of Topliss-reactive ketones (excluding diaryl/α,β-unsaturated/α-hetero) is 1. The molecular formula is C27H46N4O. The van der Waals surface area contributed by atoms with Crippen LogP contribution in [0, 0.1) is 5.41 Å². The van der Waals surface area contributed by atoms with E-state index in [-0.39, 0.29) is 17.2 Å². The zero-order chi connectivity index (χ0) is 24.3. The maximum absolute atomic E-state index is 11.4. The minimum absolute atomic E-state index is 0.0297. The van der Waals surface area contributed by atoms with E-state index >= 15 is 0 Å². The van der Waals surface area contributed by atoms with E-state index in [0.29, 0.717) is 6.42 Å². The number of rotatable bonds is 9. The van der Waals surface area contributed by atoms with Gasteiger partial charge in [-0.1, -0.05) is 52.5 Å². The number of ketones is 1. The van der Waals surface area contributed by atoms with Crippen LogP contribution in [0.1, 0.15) is 74.7 Å². The van der Waals surface area contributed by atoms with E-state index in [9.17, 15) is 4.79 Å². The summed E-state index contributed by atoms with van der Waals surface area (Å²) in [5.41, 5.74) is 2.22. The van der Waals surface area contributed by atoms with Crippen LogP contribution < -0.4 is 0 Å². The van der Waals surface area contributed by atoms with Crippen LogP contribution in [0.25, 0.3) is 0 Å². The number of carbonyl (C=O) groups excluding carboxylic acids is 1. The molecule has 5 nitrogen and oxygen atoms in total. The van der Waals surface area contributed by atoms with Gasteiger partial charge in [-0.3, -0.25) is 9.89 Å². The highest BCUT2D eigenvalue weighted by Gasteiger charge is 2.18. The van der Waals surface area contributed by atoms with Gasteiger partial charge in [-0.2, -0.15) is 0 Å². The van der Waals surface area contributed by atoms with Crippen molar-refractivity contribution >= 4 is 17.5 Å². The molecule has 1 aliphatic heterocycles. The van der Waals surface area contributed by atoms with Gasteiger partial charge in [0.15, 0.2) is 5.84 Å². The zero-order valence-corrected chi connectivity index (χ0v) is 21.9. The van der Waals surface area contributed by atoms with Crippen molar-refractivity contribution in [2.75, 3.05) is 32.7 Å². The average molecular weight is 443 g/mol. The molecule has 1 saturated heterocycles.